The van der Waals surface area contributed by atoms with Crippen molar-refractivity contribution in [1.82, 2.24) is 0 Å². The summed E-state index contributed by atoms with van der Waals surface area (Å²) in [5.41, 5.74) is 17.7. The van der Waals surface area contributed by atoms with Crippen molar-refractivity contribution in [3.05, 3.63) is 97.1 Å². The summed E-state index contributed by atoms with van der Waals surface area (Å²) >= 11 is 0. The van der Waals surface area contributed by atoms with Gasteiger partial charge >= 0.3 is 0 Å². The average Bonchev–Trinajstić information content (AvgIpc) is 2.69. The van der Waals surface area contributed by atoms with Crippen LogP contribution in [0.25, 0.3) is 22.3 Å². The molecule has 3 nitrogen and oxygen atoms in total. The molecule has 0 aromatic heterocycles. The third-order valence-corrected chi connectivity index (χ3v) is 4.45. The van der Waals surface area contributed by atoms with Crippen molar-refractivity contribution < 1.29 is 4.74 Å². The van der Waals surface area contributed by atoms with Crippen LogP contribution >= 0.6 is 0 Å². The minimum absolute atomic E-state index is 0.746. The van der Waals surface area contributed by atoms with Crippen LogP contribution in [0.15, 0.2) is 97.1 Å². The quantitative estimate of drug-likeness (QED) is 0.444. The molecule has 4 aromatic rings. The van der Waals surface area contributed by atoms with Crippen molar-refractivity contribution in [2.45, 2.75) is 0 Å². The van der Waals surface area contributed by atoms with E-state index in [4.69, 9.17) is 16.2 Å². The molecule has 0 unspecified atom stereocenters. The molecule has 0 atom stereocenters. The summed E-state index contributed by atoms with van der Waals surface area (Å²) in [5, 5.41) is 0. The van der Waals surface area contributed by atoms with Crippen LogP contribution in [-0.4, -0.2) is 0 Å². The number of hydrogen-bond donors (Lipinski definition) is 2. The summed E-state index contributed by atoms with van der Waals surface area (Å²) in [6, 6.07) is 31.5. The molecule has 0 aliphatic heterocycles. The van der Waals surface area contributed by atoms with Crippen molar-refractivity contribution >= 4 is 11.4 Å². The summed E-state index contributed by atoms with van der Waals surface area (Å²) in [7, 11) is 0. The molecule has 27 heavy (non-hydrogen) atoms. The van der Waals surface area contributed by atoms with E-state index in [1.807, 2.05) is 97.1 Å². The predicted molar refractivity (Wildman–Crippen MR) is 113 cm³/mol. The fourth-order valence-electron chi connectivity index (χ4n) is 3.11. The van der Waals surface area contributed by atoms with E-state index >= 15 is 0 Å². The van der Waals surface area contributed by atoms with Crippen LogP contribution in [0.2, 0.25) is 0 Å². The van der Waals surface area contributed by atoms with E-state index in [1.54, 1.807) is 0 Å². The number of anilines is 2. The molecule has 0 radical (unpaired) electrons. The van der Waals surface area contributed by atoms with Crippen LogP contribution in [0.4, 0.5) is 11.4 Å². The van der Waals surface area contributed by atoms with Gasteiger partial charge in [-0.3, -0.25) is 0 Å². The maximum atomic E-state index is 6.10. The van der Waals surface area contributed by atoms with Crippen molar-refractivity contribution in [2.75, 3.05) is 11.5 Å². The first-order valence-corrected chi connectivity index (χ1v) is 8.78. The first-order chi connectivity index (χ1) is 13.2. The zero-order valence-corrected chi connectivity index (χ0v) is 14.8. The molecular weight excluding hydrogens is 332 g/mol. The number of nitrogens with two attached hydrogens (primary N) is 2. The van der Waals surface area contributed by atoms with Crippen molar-refractivity contribution in [1.29, 1.82) is 0 Å². The molecule has 0 spiro atoms. The molecule has 0 heterocycles. The number of benzene rings is 4. The Labute approximate surface area is 158 Å². The molecule has 0 fully saturated rings. The monoisotopic (exact) mass is 352 g/mol. The van der Waals surface area contributed by atoms with E-state index in [2.05, 4.69) is 0 Å². The molecule has 4 rings (SSSR count). The summed E-state index contributed by atoms with van der Waals surface area (Å²) in [5.74, 6) is 1.52. The van der Waals surface area contributed by atoms with Crippen molar-refractivity contribution in [2.24, 2.45) is 0 Å². The highest BCUT2D eigenvalue weighted by molar-refractivity contribution is 5.78. The van der Waals surface area contributed by atoms with Crippen LogP contribution in [0.3, 0.4) is 0 Å². The number of nitrogen functional groups attached to an aromatic ring is 2. The predicted octanol–water partition coefficient (Wildman–Crippen LogP) is 5.98. The zero-order valence-electron chi connectivity index (χ0n) is 14.8. The van der Waals surface area contributed by atoms with Crippen molar-refractivity contribution in [3.8, 4) is 33.8 Å². The molecule has 4 aromatic carbocycles. The molecule has 3 heteroatoms. The van der Waals surface area contributed by atoms with Crippen LogP contribution in [0.1, 0.15) is 0 Å². The third kappa shape index (κ3) is 3.62. The van der Waals surface area contributed by atoms with Crippen LogP contribution in [0.5, 0.6) is 11.5 Å². The Morgan fingerprint density at radius 3 is 1.37 bits per heavy atom. The van der Waals surface area contributed by atoms with Crippen LogP contribution in [-0.2, 0) is 0 Å². The van der Waals surface area contributed by atoms with Gasteiger partial charge in [0.05, 0.1) is 0 Å². The van der Waals surface area contributed by atoms with E-state index in [0.717, 1.165) is 45.1 Å². The highest BCUT2D eigenvalue weighted by Crippen LogP contribution is 2.33. The minimum atomic E-state index is 0.746. The molecule has 0 aliphatic rings. The standard InChI is InChI=1S/C24H20N2O/c25-23-13-3-1-11-21(23)17-7-5-9-19(15-17)27-20-10-6-8-18(16-20)22-12-2-4-14-24(22)26/h1-16H,25-26H2. The Balaban J connectivity index is 1.64. The van der Waals surface area contributed by atoms with Gasteiger partial charge < -0.3 is 16.2 Å². The fraction of sp³-hybridized carbons (Fsp3) is 0. The lowest BCUT2D eigenvalue weighted by atomic mass is 10.0. The van der Waals surface area contributed by atoms with E-state index in [0.29, 0.717) is 0 Å². The second-order valence-corrected chi connectivity index (χ2v) is 6.33. The smallest absolute Gasteiger partial charge is 0.128 e. The first-order valence-electron chi connectivity index (χ1n) is 8.78. The van der Waals surface area contributed by atoms with E-state index in [1.165, 1.54) is 0 Å². The van der Waals surface area contributed by atoms with Crippen molar-refractivity contribution in [3.63, 3.8) is 0 Å². The lowest BCUT2D eigenvalue weighted by Crippen LogP contribution is -1.91. The van der Waals surface area contributed by atoms with E-state index in [9.17, 15) is 0 Å². The largest absolute Gasteiger partial charge is 0.457 e. The Morgan fingerprint density at radius 1 is 0.481 bits per heavy atom. The van der Waals surface area contributed by atoms with Gasteiger partial charge in [0, 0.05) is 22.5 Å². The fourth-order valence-corrected chi connectivity index (χ4v) is 3.11. The molecule has 0 saturated carbocycles. The van der Waals surface area contributed by atoms with Gasteiger partial charge in [0.2, 0.25) is 0 Å². The number of hydrogen-bond acceptors (Lipinski definition) is 3. The Morgan fingerprint density at radius 2 is 0.926 bits per heavy atom. The number of rotatable bonds is 4. The van der Waals surface area contributed by atoms with E-state index < -0.39 is 0 Å². The second-order valence-electron chi connectivity index (χ2n) is 6.33. The summed E-state index contributed by atoms with van der Waals surface area (Å²) in [6.07, 6.45) is 0. The highest BCUT2D eigenvalue weighted by atomic mass is 16.5. The second kappa shape index (κ2) is 7.26. The minimum Gasteiger partial charge on any atom is -0.457 e. The lowest BCUT2D eigenvalue weighted by molar-refractivity contribution is 0.483. The van der Waals surface area contributed by atoms with Crippen LogP contribution < -0.4 is 16.2 Å². The SMILES string of the molecule is Nc1ccccc1-c1cccc(Oc2cccc(-c3ccccc3N)c2)c1. The Kier molecular flexibility index (Phi) is 4.50. The van der Waals surface area contributed by atoms with E-state index in [-0.39, 0.29) is 0 Å². The highest BCUT2D eigenvalue weighted by Gasteiger charge is 2.06. The molecule has 4 N–H and O–H groups in total. The third-order valence-electron chi connectivity index (χ3n) is 4.45. The first kappa shape index (κ1) is 16.7. The molecule has 0 bridgehead atoms. The molecule has 0 amide bonds. The molecule has 132 valence electrons. The van der Waals surface area contributed by atoms with Gasteiger partial charge in [0.25, 0.3) is 0 Å². The Bertz CT molecular complexity index is 1000. The molecular formula is C24H20N2O. The molecule has 0 saturated heterocycles. The zero-order chi connectivity index (χ0) is 18.6. The maximum Gasteiger partial charge on any atom is 0.128 e. The summed E-state index contributed by atoms with van der Waals surface area (Å²) in [6.45, 7) is 0. The van der Waals surface area contributed by atoms with Gasteiger partial charge in [-0.15, -0.1) is 0 Å². The summed E-state index contributed by atoms with van der Waals surface area (Å²) < 4.78 is 6.10. The molecule has 0 aliphatic carbocycles. The summed E-state index contributed by atoms with van der Waals surface area (Å²) in [4.78, 5) is 0. The number of ether oxygens (including phenoxy) is 1. The van der Waals surface area contributed by atoms with Gasteiger partial charge in [-0.1, -0.05) is 60.7 Å². The topological polar surface area (TPSA) is 61.3 Å². The Hall–Kier alpha value is -3.72. The maximum absolute atomic E-state index is 6.10. The van der Waals surface area contributed by atoms with Gasteiger partial charge in [-0.25, -0.2) is 0 Å². The van der Waals surface area contributed by atoms with Gasteiger partial charge in [0.1, 0.15) is 11.5 Å². The normalized spacial score (nSPS) is 10.5. The average molecular weight is 352 g/mol. The van der Waals surface area contributed by atoms with Gasteiger partial charge in [0.15, 0.2) is 0 Å². The lowest BCUT2D eigenvalue weighted by Gasteiger charge is -2.11. The van der Waals surface area contributed by atoms with Gasteiger partial charge in [-0.2, -0.15) is 0 Å². The number of para-hydroxylation sites is 2. The van der Waals surface area contributed by atoms with Crippen LogP contribution in [0, 0.1) is 0 Å². The van der Waals surface area contributed by atoms with Gasteiger partial charge in [-0.05, 0) is 47.5 Å².